The fourth-order valence-electron chi connectivity index (χ4n) is 2.15. The van der Waals surface area contributed by atoms with Crippen molar-refractivity contribution in [3.05, 3.63) is 52.6 Å². The maximum atomic E-state index is 6.07. The Morgan fingerprint density at radius 1 is 1.35 bits per heavy atom. The predicted octanol–water partition coefficient (Wildman–Crippen LogP) is 2.95. The van der Waals surface area contributed by atoms with Crippen LogP contribution in [0.25, 0.3) is 0 Å². The van der Waals surface area contributed by atoms with E-state index in [0.29, 0.717) is 5.02 Å². The van der Waals surface area contributed by atoms with E-state index in [1.54, 1.807) is 13.3 Å². The van der Waals surface area contributed by atoms with Crippen LogP contribution in [0.2, 0.25) is 5.02 Å². The summed E-state index contributed by atoms with van der Waals surface area (Å²) >= 11 is 6.07. The Morgan fingerprint density at radius 3 is 2.80 bits per heavy atom. The standard InChI is InChI=1S/C15H18ClN3O/c1-10-18-7-6-13(19-10)14(17-2)9-11-8-12(16)4-5-15(11)20-3/h4-8,14,17H,9H2,1-3H3. The Balaban J connectivity index is 2.28. The molecule has 106 valence electrons. The van der Waals surface area contributed by atoms with Crippen molar-refractivity contribution >= 4 is 11.6 Å². The lowest BCUT2D eigenvalue weighted by atomic mass is 10.0. The highest BCUT2D eigenvalue weighted by Gasteiger charge is 2.15. The summed E-state index contributed by atoms with van der Waals surface area (Å²) in [6.07, 6.45) is 2.52. The summed E-state index contributed by atoms with van der Waals surface area (Å²) in [5.41, 5.74) is 2.01. The van der Waals surface area contributed by atoms with Gasteiger partial charge in [-0.1, -0.05) is 11.6 Å². The van der Waals surface area contributed by atoms with Crippen LogP contribution in [0.4, 0.5) is 0 Å². The zero-order valence-electron chi connectivity index (χ0n) is 11.9. The minimum absolute atomic E-state index is 0.0871. The number of methoxy groups -OCH3 is 1. The zero-order valence-corrected chi connectivity index (χ0v) is 12.6. The van der Waals surface area contributed by atoms with Gasteiger partial charge in [0, 0.05) is 11.2 Å². The van der Waals surface area contributed by atoms with Crippen molar-refractivity contribution in [3.8, 4) is 5.75 Å². The Kier molecular flexibility index (Phi) is 4.93. The van der Waals surface area contributed by atoms with Crippen molar-refractivity contribution in [3.63, 3.8) is 0 Å². The highest BCUT2D eigenvalue weighted by atomic mass is 35.5. The first-order valence-corrected chi connectivity index (χ1v) is 6.81. The van der Waals surface area contributed by atoms with E-state index in [0.717, 1.165) is 29.3 Å². The van der Waals surface area contributed by atoms with Crippen molar-refractivity contribution in [1.29, 1.82) is 0 Å². The first-order chi connectivity index (χ1) is 9.63. The zero-order chi connectivity index (χ0) is 14.5. The normalized spacial score (nSPS) is 12.2. The molecule has 20 heavy (non-hydrogen) atoms. The molecule has 4 nitrogen and oxygen atoms in total. The maximum Gasteiger partial charge on any atom is 0.125 e. The summed E-state index contributed by atoms with van der Waals surface area (Å²) in [5.74, 6) is 1.60. The molecular weight excluding hydrogens is 274 g/mol. The monoisotopic (exact) mass is 291 g/mol. The molecule has 0 amide bonds. The SMILES string of the molecule is CNC(Cc1cc(Cl)ccc1OC)c1ccnc(C)n1. The molecule has 0 saturated carbocycles. The quantitative estimate of drug-likeness (QED) is 0.920. The van der Waals surface area contributed by atoms with E-state index in [9.17, 15) is 0 Å². The Hall–Kier alpha value is -1.65. The van der Waals surface area contributed by atoms with E-state index in [2.05, 4.69) is 15.3 Å². The molecule has 0 fully saturated rings. The highest BCUT2D eigenvalue weighted by molar-refractivity contribution is 6.30. The van der Waals surface area contributed by atoms with Gasteiger partial charge < -0.3 is 10.1 Å². The van der Waals surface area contributed by atoms with E-state index < -0.39 is 0 Å². The van der Waals surface area contributed by atoms with Crippen LogP contribution in [-0.2, 0) is 6.42 Å². The van der Waals surface area contributed by atoms with Gasteiger partial charge in [-0.2, -0.15) is 0 Å². The third kappa shape index (κ3) is 3.46. The molecule has 0 saturated heterocycles. The van der Waals surface area contributed by atoms with Gasteiger partial charge in [0.15, 0.2) is 0 Å². The molecule has 1 atom stereocenters. The molecule has 1 aromatic heterocycles. The van der Waals surface area contributed by atoms with Gasteiger partial charge in [0.2, 0.25) is 0 Å². The molecule has 2 rings (SSSR count). The van der Waals surface area contributed by atoms with Crippen molar-refractivity contribution in [2.45, 2.75) is 19.4 Å². The van der Waals surface area contributed by atoms with Gasteiger partial charge in [0.1, 0.15) is 11.6 Å². The van der Waals surface area contributed by atoms with Crippen molar-refractivity contribution in [1.82, 2.24) is 15.3 Å². The van der Waals surface area contributed by atoms with Crippen LogP contribution in [0.5, 0.6) is 5.75 Å². The number of nitrogens with zero attached hydrogens (tertiary/aromatic N) is 2. The smallest absolute Gasteiger partial charge is 0.125 e. The molecule has 1 N–H and O–H groups in total. The molecule has 0 radical (unpaired) electrons. The molecule has 5 heteroatoms. The topological polar surface area (TPSA) is 47.0 Å². The number of benzene rings is 1. The van der Waals surface area contributed by atoms with E-state index >= 15 is 0 Å². The molecule has 2 aromatic rings. The van der Waals surface area contributed by atoms with Gasteiger partial charge in [-0.3, -0.25) is 0 Å². The molecule has 0 aliphatic heterocycles. The molecule has 0 aliphatic rings. The van der Waals surface area contributed by atoms with Crippen LogP contribution in [0, 0.1) is 6.92 Å². The number of halogens is 1. The molecule has 1 unspecified atom stereocenters. The summed E-state index contributed by atoms with van der Waals surface area (Å²) < 4.78 is 5.39. The Labute approximate surface area is 124 Å². The average molecular weight is 292 g/mol. The lowest BCUT2D eigenvalue weighted by Gasteiger charge is -2.18. The number of rotatable bonds is 5. The third-order valence-electron chi connectivity index (χ3n) is 3.17. The second-order valence-electron chi connectivity index (χ2n) is 4.53. The predicted molar refractivity (Wildman–Crippen MR) is 80.3 cm³/mol. The molecule has 1 aromatic carbocycles. The largest absolute Gasteiger partial charge is 0.496 e. The number of aromatic nitrogens is 2. The van der Waals surface area contributed by atoms with E-state index in [-0.39, 0.29) is 6.04 Å². The second kappa shape index (κ2) is 6.68. The number of hydrogen-bond donors (Lipinski definition) is 1. The minimum atomic E-state index is 0.0871. The summed E-state index contributed by atoms with van der Waals surface area (Å²) in [6.45, 7) is 1.89. The summed E-state index contributed by atoms with van der Waals surface area (Å²) in [7, 11) is 3.58. The van der Waals surface area contributed by atoms with Crippen LogP contribution in [0.15, 0.2) is 30.5 Å². The van der Waals surface area contributed by atoms with Gasteiger partial charge in [0.25, 0.3) is 0 Å². The second-order valence-corrected chi connectivity index (χ2v) is 4.97. The van der Waals surface area contributed by atoms with Crippen LogP contribution in [-0.4, -0.2) is 24.1 Å². The highest BCUT2D eigenvalue weighted by Crippen LogP contribution is 2.27. The van der Waals surface area contributed by atoms with E-state index in [1.165, 1.54) is 0 Å². The van der Waals surface area contributed by atoms with Gasteiger partial charge in [-0.15, -0.1) is 0 Å². The molecule has 1 heterocycles. The molecule has 0 aliphatic carbocycles. The van der Waals surface area contributed by atoms with Gasteiger partial charge in [-0.25, -0.2) is 9.97 Å². The Bertz CT molecular complexity index is 589. The van der Waals surface area contributed by atoms with E-state index in [1.807, 2.05) is 38.2 Å². The molecule has 0 spiro atoms. The number of ether oxygens (including phenoxy) is 1. The first-order valence-electron chi connectivity index (χ1n) is 6.43. The summed E-state index contributed by atoms with van der Waals surface area (Å²) in [4.78, 5) is 8.60. The number of nitrogens with one attached hydrogen (secondary N) is 1. The lowest BCUT2D eigenvalue weighted by Crippen LogP contribution is -2.20. The fourth-order valence-corrected chi connectivity index (χ4v) is 2.34. The third-order valence-corrected chi connectivity index (χ3v) is 3.40. The van der Waals surface area contributed by atoms with Crippen molar-refractivity contribution < 1.29 is 4.74 Å². The number of likely N-dealkylation sites (N-methyl/N-ethyl adjacent to an activating group) is 1. The Morgan fingerprint density at radius 2 is 2.15 bits per heavy atom. The number of hydrogen-bond acceptors (Lipinski definition) is 4. The van der Waals surface area contributed by atoms with Crippen molar-refractivity contribution in [2.75, 3.05) is 14.2 Å². The number of aryl methyl sites for hydroxylation is 1. The van der Waals surface area contributed by atoms with E-state index in [4.69, 9.17) is 16.3 Å². The maximum absolute atomic E-state index is 6.07. The molecular formula is C15H18ClN3O. The van der Waals surface area contributed by atoms with Gasteiger partial charge in [-0.05, 0) is 50.2 Å². The van der Waals surface area contributed by atoms with Crippen LogP contribution < -0.4 is 10.1 Å². The van der Waals surface area contributed by atoms with Gasteiger partial charge >= 0.3 is 0 Å². The van der Waals surface area contributed by atoms with Gasteiger partial charge in [0.05, 0.1) is 18.8 Å². The first kappa shape index (κ1) is 14.8. The minimum Gasteiger partial charge on any atom is -0.496 e. The van der Waals surface area contributed by atoms with Crippen LogP contribution in [0.3, 0.4) is 0 Å². The average Bonchev–Trinajstić information content (AvgIpc) is 2.45. The van der Waals surface area contributed by atoms with Crippen molar-refractivity contribution in [2.24, 2.45) is 0 Å². The van der Waals surface area contributed by atoms with Crippen LogP contribution >= 0.6 is 11.6 Å². The fraction of sp³-hybridized carbons (Fsp3) is 0.333. The summed E-state index contributed by atoms with van der Waals surface area (Å²) in [5, 5.41) is 3.98. The lowest BCUT2D eigenvalue weighted by molar-refractivity contribution is 0.406. The molecule has 0 bridgehead atoms. The van der Waals surface area contributed by atoms with Crippen LogP contribution in [0.1, 0.15) is 23.1 Å². The summed E-state index contributed by atoms with van der Waals surface area (Å²) in [6, 6.07) is 7.65.